The van der Waals surface area contributed by atoms with Crippen LogP contribution in [0.3, 0.4) is 0 Å². The van der Waals surface area contributed by atoms with Crippen molar-refractivity contribution in [2.45, 2.75) is 20.4 Å². The van der Waals surface area contributed by atoms with Crippen LogP contribution in [0.2, 0.25) is 0 Å². The fourth-order valence-electron chi connectivity index (χ4n) is 2.17. The van der Waals surface area contributed by atoms with E-state index in [-0.39, 0.29) is 5.91 Å². The fourth-order valence-corrected chi connectivity index (χ4v) is 3.07. The molecule has 0 bridgehead atoms. The largest absolute Gasteiger partial charge is 0.332 e. The molecule has 0 N–H and O–H groups in total. The first-order chi connectivity index (χ1) is 10.2. The minimum atomic E-state index is -0.0329. The van der Waals surface area contributed by atoms with Gasteiger partial charge in [-0.25, -0.2) is 9.50 Å². The van der Waals surface area contributed by atoms with Crippen LogP contribution < -0.4 is 0 Å². The SMILES string of the molecule is CCN(Cc1ccccc1)C(=O)c1nn2c(C)ncc2s1. The van der Waals surface area contributed by atoms with Crippen LogP contribution in [0.25, 0.3) is 4.83 Å². The van der Waals surface area contributed by atoms with Crippen molar-refractivity contribution in [1.29, 1.82) is 0 Å². The van der Waals surface area contributed by atoms with Crippen molar-refractivity contribution >= 4 is 22.1 Å². The van der Waals surface area contributed by atoms with Crippen LogP contribution in [-0.2, 0) is 6.54 Å². The fraction of sp³-hybridized carbons (Fsp3) is 0.267. The Hall–Kier alpha value is -2.21. The first-order valence-electron chi connectivity index (χ1n) is 6.83. The van der Waals surface area contributed by atoms with Gasteiger partial charge in [0.2, 0.25) is 5.01 Å². The number of hydrogen-bond acceptors (Lipinski definition) is 4. The van der Waals surface area contributed by atoms with E-state index in [9.17, 15) is 4.79 Å². The molecule has 108 valence electrons. The Kier molecular flexibility index (Phi) is 3.70. The molecule has 2 aromatic heterocycles. The molecular formula is C15H16N4OS. The third kappa shape index (κ3) is 2.67. The van der Waals surface area contributed by atoms with E-state index >= 15 is 0 Å². The van der Waals surface area contributed by atoms with Crippen molar-refractivity contribution in [3.05, 3.63) is 52.9 Å². The van der Waals surface area contributed by atoms with E-state index in [0.29, 0.717) is 18.1 Å². The predicted molar refractivity (Wildman–Crippen MR) is 82.5 cm³/mol. The molecule has 6 heteroatoms. The van der Waals surface area contributed by atoms with Gasteiger partial charge in [-0.05, 0) is 19.4 Å². The minimum Gasteiger partial charge on any atom is -0.332 e. The molecule has 0 saturated carbocycles. The topological polar surface area (TPSA) is 50.5 Å². The highest BCUT2D eigenvalue weighted by Crippen LogP contribution is 2.18. The summed E-state index contributed by atoms with van der Waals surface area (Å²) in [4.78, 5) is 19.5. The molecule has 3 rings (SSSR count). The molecule has 0 fully saturated rings. The maximum absolute atomic E-state index is 12.6. The average Bonchev–Trinajstić information content (AvgIpc) is 3.08. The maximum atomic E-state index is 12.6. The maximum Gasteiger partial charge on any atom is 0.285 e. The lowest BCUT2D eigenvalue weighted by molar-refractivity contribution is 0.0751. The molecule has 0 radical (unpaired) electrons. The van der Waals surface area contributed by atoms with E-state index < -0.39 is 0 Å². The van der Waals surface area contributed by atoms with Gasteiger partial charge in [-0.3, -0.25) is 4.79 Å². The Labute approximate surface area is 126 Å². The van der Waals surface area contributed by atoms with Crippen molar-refractivity contribution < 1.29 is 4.79 Å². The number of carbonyl (C=O) groups excluding carboxylic acids is 1. The van der Waals surface area contributed by atoms with Crippen LogP contribution in [0.4, 0.5) is 0 Å². The van der Waals surface area contributed by atoms with Gasteiger partial charge in [-0.15, -0.1) is 5.10 Å². The lowest BCUT2D eigenvalue weighted by Crippen LogP contribution is -2.30. The lowest BCUT2D eigenvalue weighted by Gasteiger charge is -2.19. The Bertz CT molecular complexity index is 762. The third-order valence-electron chi connectivity index (χ3n) is 3.34. The lowest BCUT2D eigenvalue weighted by atomic mass is 10.2. The first kappa shape index (κ1) is 13.8. The summed E-state index contributed by atoms with van der Waals surface area (Å²) in [6, 6.07) is 9.99. The van der Waals surface area contributed by atoms with Crippen LogP contribution in [0, 0.1) is 6.92 Å². The summed E-state index contributed by atoms with van der Waals surface area (Å²) in [5.41, 5.74) is 1.12. The molecule has 0 aliphatic rings. The zero-order valence-electron chi connectivity index (χ0n) is 12.0. The monoisotopic (exact) mass is 300 g/mol. The molecule has 0 saturated heterocycles. The van der Waals surface area contributed by atoms with Crippen LogP contribution in [-0.4, -0.2) is 31.9 Å². The van der Waals surface area contributed by atoms with E-state index in [2.05, 4.69) is 10.1 Å². The Morgan fingerprint density at radius 3 is 2.76 bits per heavy atom. The summed E-state index contributed by atoms with van der Waals surface area (Å²) in [6.45, 7) is 5.11. The van der Waals surface area contributed by atoms with Gasteiger partial charge in [-0.2, -0.15) is 0 Å². The number of rotatable bonds is 4. The molecule has 5 nitrogen and oxygen atoms in total. The molecule has 0 aliphatic carbocycles. The zero-order chi connectivity index (χ0) is 14.8. The summed E-state index contributed by atoms with van der Waals surface area (Å²) >= 11 is 1.38. The number of aromatic nitrogens is 3. The molecule has 3 aromatic rings. The third-order valence-corrected chi connectivity index (χ3v) is 4.27. The number of carbonyl (C=O) groups is 1. The normalized spacial score (nSPS) is 11.0. The number of benzene rings is 1. The molecule has 21 heavy (non-hydrogen) atoms. The Balaban J connectivity index is 1.84. The standard InChI is InChI=1S/C15H16N4OS/c1-3-18(10-12-7-5-4-6-8-12)15(20)14-17-19-11(2)16-9-13(19)21-14/h4-9H,3,10H2,1-2H3. The summed E-state index contributed by atoms with van der Waals surface area (Å²) in [5, 5.41) is 4.87. The number of nitrogens with zero attached hydrogens (tertiary/aromatic N) is 4. The molecule has 1 aromatic carbocycles. The molecule has 0 spiro atoms. The second kappa shape index (κ2) is 5.65. The summed E-state index contributed by atoms with van der Waals surface area (Å²) in [6.07, 6.45) is 1.75. The molecule has 0 unspecified atom stereocenters. The summed E-state index contributed by atoms with van der Waals surface area (Å²) in [7, 11) is 0. The predicted octanol–water partition coefficient (Wildman–Crippen LogP) is 2.76. The van der Waals surface area contributed by atoms with Gasteiger partial charge in [-0.1, -0.05) is 41.7 Å². The number of aryl methyl sites for hydroxylation is 1. The average molecular weight is 300 g/mol. The van der Waals surface area contributed by atoms with Gasteiger partial charge in [0, 0.05) is 13.1 Å². The van der Waals surface area contributed by atoms with E-state index in [0.717, 1.165) is 16.2 Å². The van der Waals surface area contributed by atoms with Crippen molar-refractivity contribution in [2.75, 3.05) is 6.54 Å². The quantitative estimate of drug-likeness (QED) is 0.744. The van der Waals surface area contributed by atoms with Crippen LogP contribution >= 0.6 is 11.3 Å². The molecule has 0 aliphatic heterocycles. The molecular weight excluding hydrogens is 284 g/mol. The minimum absolute atomic E-state index is 0.0329. The van der Waals surface area contributed by atoms with Gasteiger partial charge >= 0.3 is 0 Å². The van der Waals surface area contributed by atoms with Gasteiger partial charge in [0.05, 0.1) is 6.20 Å². The second-order valence-electron chi connectivity index (χ2n) is 4.77. The van der Waals surface area contributed by atoms with Gasteiger partial charge in [0.1, 0.15) is 10.7 Å². The van der Waals surface area contributed by atoms with Crippen molar-refractivity contribution in [2.24, 2.45) is 0 Å². The first-order valence-corrected chi connectivity index (χ1v) is 7.65. The molecule has 2 heterocycles. The van der Waals surface area contributed by atoms with Crippen molar-refractivity contribution in [1.82, 2.24) is 19.5 Å². The highest BCUT2D eigenvalue weighted by atomic mass is 32.1. The van der Waals surface area contributed by atoms with E-state index in [1.54, 1.807) is 15.6 Å². The second-order valence-corrected chi connectivity index (χ2v) is 5.78. The number of imidazole rings is 1. The van der Waals surface area contributed by atoms with Crippen LogP contribution in [0.15, 0.2) is 36.5 Å². The highest BCUT2D eigenvalue weighted by Gasteiger charge is 2.20. The van der Waals surface area contributed by atoms with Gasteiger partial charge < -0.3 is 4.90 Å². The van der Waals surface area contributed by atoms with Gasteiger partial charge in [0.15, 0.2) is 0 Å². The van der Waals surface area contributed by atoms with Crippen molar-refractivity contribution in [3.63, 3.8) is 0 Å². The van der Waals surface area contributed by atoms with Crippen molar-refractivity contribution in [3.8, 4) is 0 Å². The number of amides is 1. The number of fused-ring (bicyclic) bond motifs is 1. The van der Waals surface area contributed by atoms with Crippen LogP contribution in [0.5, 0.6) is 0 Å². The smallest absolute Gasteiger partial charge is 0.285 e. The van der Waals surface area contributed by atoms with E-state index in [1.807, 2.05) is 44.2 Å². The summed E-state index contributed by atoms with van der Waals surface area (Å²) < 4.78 is 1.72. The Morgan fingerprint density at radius 1 is 1.33 bits per heavy atom. The van der Waals surface area contributed by atoms with E-state index in [1.165, 1.54) is 11.3 Å². The van der Waals surface area contributed by atoms with Crippen LogP contribution in [0.1, 0.15) is 28.1 Å². The van der Waals surface area contributed by atoms with Gasteiger partial charge in [0.25, 0.3) is 5.91 Å². The number of hydrogen-bond donors (Lipinski definition) is 0. The molecule has 0 atom stereocenters. The zero-order valence-corrected chi connectivity index (χ0v) is 12.8. The Morgan fingerprint density at radius 2 is 2.10 bits per heavy atom. The summed E-state index contributed by atoms with van der Waals surface area (Å²) in [5.74, 6) is 0.765. The molecule has 1 amide bonds. The van der Waals surface area contributed by atoms with E-state index in [4.69, 9.17) is 0 Å². The highest BCUT2D eigenvalue weighted by molar-refractivity contribution is 7.18.